The number of aliphatic carboxylic acids is 1. The Kier molecular flexibility index (Phi) is 6.22. The number of urea groups is 1. The average Bonchev–Trinajstić information content (AvgIpc) is 3.15. The molecule has 0 aromatic carbocycles. The van der Waals surface area contributed by atoms with E-state index < -0.39 is 29.9 Å². The van der Waals surface area contributed by atoms with Gasteiger partial charge in [-0.1, -0.05) is 6.42 Å². The number of carbonyl (C=O) groups is 2. The number of hydrogen-bond donors (Lipinski definition) is 1. The fourth-order valence-corrected chi connectivity index (χ4v) is 4.48. The molecule has 1 N–H and O–H groups in total. The third-order valence-corrected chi connectivity index (χ3v) is 6.07. The number of nitrogens with zero attached hydrogens (tertiary/aromatic N) is 3. The van der Waals surface area contributed by atoms with Crippen LogP contribution in [0, 0.1) is 5.41 Å². The second-order valence-electron chi connectivity index (χ2n) is 7.90. The summed E-state index contributed by atoms with van der Waals surface area (Å²) in [6.07, 6.45) is 0.472. The van der Waals surface area contributed by atoms with Crippen LogP contribution in [0.15, 0.2) is 6.20 Å². The zero-order chi connectivity index (χ0) is 19.4. The van der Waals surface area contributed by atoms with Crippen molar-refractivity contribution in [3.05, 3.63) is 17.7 Å². The van der Waals surface area contributed by atoms with Crippen molar-refractivity contribution >= 4 is 12.0 Å². The Morgan fingerprint density at radius 2 is 2.04 bits per heavy atom. The second-order valence-corrected chi connectivity index (χ2v) is 7.90. The van der Waals surface area contributed by atoms with E-state index in [2.05, 4.69) is 10.3 Å². The summed E-state index contributed by atoms with van der Waals surface area (Å²) in [6, 6.07) is -1.81. The molecule has 28 heavy (non-hydrogen) atoms. The van der Waals surface area contributed by atoms with Gasteiger partial charge in [0.05, 0.1) is 12.0 Å². The minimum Gasteiger partial charge on any atom is -0.548 e. The summed E-state index contributed by atoms with van der Waals surface area (Å²) in [7, 11) is 0. The summed E-state index contributed by atoms with van der Waals surface area (Å²) in [5, 5.41) is 14.2. The van der Waals surface area contributed by atoms with Gasteiger partial charge in [0.2, 0.25) is 0 Å². The van der Waals surface area contributed by atoms with Gasteiger partial charge in [0, 0.05) is 31.7 Å². The molecule has 1 saturated heterocycles. The predicted molar refractivity (Wildman–Crippen MR) is 84.3 cm³/mol. The summed E-state index contributed by atoms with van der Waals surface area (Å²) >= 11 is 0. The van der Waals surface area contributed by atoms with Gasteiger partial charge in [-0.2, -0.15) is 13.2 Å². The van der Waals surface area contributed by atoms with Gasteiger partial charge < -0.3 is 24.7 Å². The number of likely N-dealkylation sites (tertiary alicyclic amines) is 1. The molecule has 1 spiro atoms. The van der Waals surface area contributed by atoms with Crippen LogP contribution in [0.5, 0.6) is 0 Å². The van der Waals surface area contributed by atoms with Gasteiger partial charge in [0.15, 0.2) is 5.69 Å². The van der Waals surface area contributed by atoms with E-state index in [1.54, 1.807) is 0 Å². The molecule has 2 atom stereocenters. The number of carboxylic acid groups (broad SMARTS) is 1. The summed E-state index contributed by atoms with van der Waals surface area (Å²) in [4.78, 5) is 29.0. The molecule has 4 rings (SSSR count). The average molecular weight is 424 g/mol. The molecule has 3 heterocycles. The van der Waals surface area contributed by atoms with E-state index in [0.29, 0.717) is 31.6 Å². The number of hydrogen-bond acceptors (Lipinski definition) is 4. The van der Waals surface area contributed by atoms with Crippen LogP contribution >= 0.6 is 0 Å². The van der Waals surface area contributed by atoms with E-state index in [0.717, 1.165) is 25.5 Å². The van der Waals surface area contributed by atoms with E-state index in [1.165, 1.54) is 9.47 Å². The van der Waals surface area contributed by atoms with E-state index in [-0.39, 0.29) is 69.4 Å². The van der Waals surface area contributed by atoms with E-state index >= 15 is 0 Å². The SMILES string of the molecule is O=C([O-])C1CC2(CCC2)CN1C(=O)NC1CCc2nc(C(F)(F)F)cn2C1.[K+]. The third kappa shape index (κ3) is 4.14. The third-order valence-electron chi connectivity index (χ3n) is 6.07. The van der Waals surface area contributed by atoms with Crippen LogP contribution in [0.1, 0.15) is 43.6 Å². The van der Waals surface area contributed by atoms with Crippen molar-refractivity contribution in [2.75, 3.05) is 6.54 Å². The van der Waals surface area contributed by atoms with Crippen molar-refractivity contribution in [1.29, 1.82) is 0 Å². The Balaban J connectivity index is 0.00000225. The largest absolute Gasteiger partial charge is 1.00 e. The molecule has 1 aromatic heterocycles. The summed E-state index contributed by atoms with van der Waals surface area (Å²) in [5.74, 6) is -0.917. The van der Waals surface area contributed by atoms with Gasteiger partial charge in [-0.15, -0.1) is 0 Å². The number of carbonyl (C=O) groups excluding carboxylic acids is 2. The molecular formula is C17H20F3KN4O3. The monoisotopic (exact) mass is 424 g/mol. The molecule has 0 bridgehead atoms. The number of rotatable bonds is 2. The van der Waals surface area contributed by atoms with Gasteiger partial charge in [0.25, 0.3) is 0 Å². The first kappa shape index (κ1) is 22.1. The molecule has 7 nitrogen and oxygen atoms in total. The maximum absolute atomic E-state index is 12.8. The van der Waals surface area contributed by atoms with Gasteiger partial charge in [-0.25, -0.2) is 9.78 Å². The number of halogens is 3. The summed E-state index contributed by atoms with van der Waals surface area (Å²) in [5.41, 5.74) is -1.05. The van der Waals surface area contributed by atoms with E-state index in [9.17, 15) is 27.9 Å². The fourth-order valence-electron chi connectivity index (χ4n) is 4.48. The molecule has 2 aliphatic heterocycles. The smallest absolute Gasteiger partial charge is 0.548 e. The Morgan fingerprint density at radius 1 is 1.32 bits per heavy atom. The Hall–Kier alpha value is -0.624. The number of imidazole rings is 1. The molecule has 0 radical (unpaired) electrons. The summed E-state index contributed by atoms with van der Waals surface area (Å²) in [6.45, 7) is 0.567. The van der Waals surface area contributed by atoms with Crippen molar-refractivity contribution in [2.24, 2.45) is 5.41 Å². The molecule has 1 saturated carbocycles. The minimum atomic E-state index is -4.50. The zero-order valence-corrected chi connectivity index (χ0v) is 18.7. The van der Waals surface area contributed by atoms with Gasteiger partial charge in [-0.05, 0) is 31.1 Å². The van der Waals surface area contributed by atoms with Crippen LogP contribution in [-0.4, -0.2) is 45.1 Å². The first-order chi connectivity index (χ1) is 12.7. The zero-order valence-electron chi connectivity index (χ0n) is 15.6. The first-order valence-corrected chi connectivity index (χ1v) is 9.08. The molecule has 1 aliphatic carbocycles. The van der Waals surface area contributed by atoms with Crippen LogP contribution in [0.2, 0.25) is 0 Å². The Morgan fingerprint density at radius 3 is 2.61 bits per heavy atom. The number of aromatic nitrogens is 2. The maximum atomic E-state index is 12.8. The molecule has 3 aliphatic rings. The van der Waals surface area contributed by atoms with Crippen molar-refractivity contribution in [2.45, 2.75) is 63.3 Å². The van der Waals surface area contributed by atoms with Gasteiger partial charge in [-0.3, -0.25) is 0 Å². The van der Waals surface area contributed by atoms with Crippen LogP contribution in [-0.2, 0) is 23.9 Å². The predicted octanol–water partition coefficient (Wildman–Crippen LogP) is -2.08. The molecule has 1 aromatic rings. The number of nitrogens with one attached hydrogen (secondary N) is 1. The normalized spacial score (nSPS) is 25.6. The standard InChI is InChI=1S/C17H21F3N4O3.K/c18-17(19,20)12-8-23-7-10(2-3-13(23)22-12)21-15(27)24-9-16(4-1-5-16)6-11(24)14(25)26;/h8,10-11H,1-7,9H2,(H,21,27)(H,25,26);/q;+1/p-1. The van der Waals surface area contributed by atoms with Crippen molar-refractivity contribution in [1.82, 2.24) is 19.8 Å². The fraction of sp³-hybridized carbons (Fsp3) is 0.706. The molecule has 11 heteroatoms. The second kappa shape index (κ2) is 7.90. The number of carboxylic acids is 1. The van der Waals surface area contributed by atoms with Crippen LogP contribution in [0.4, 0.5) is 18.0 Å². The van der Waals surface area contributed by atoms with E-state index in [4.69, 9.17) is 0 Å². The molecule has 2 amide bonds. The van der Waals surface area contributed by atoms with Crippen molar-refractivity contribution < 1.29 is 79.3 Å². The van der Waals surface area contributed by atoms with E-state index in [1.807, 2.05) is 0 Å². The number of alkyl halides is 3. The number of aryl methyl sites for hydroxylation is 1. The van der Waals surface area contributed by atoms with Gasteiger partial charge >= 0.3 is 63.6 Å². The molecular weight excluding hydrogens is 404 g/mol. The summed E-state index contributed by atoms with van der Waals surface area (Å²) < 4.78 is 39.8. The van der Waals surface area contributed by atoms with Crippen molar-refractivity contribution in [3.8, 4) is 0 Å². The van der Waals surface area contributed by atoms with Crippen LogP contribution in [0.25, 0.3) is 0 Å². The van der Waals surface area contributed by atoms with Crippen molar-refractivity contribution in [3.63, 3.8) is 0 Å². The van der Waals surface area contributed by atoms with Crippen LogP contribution < -0.4 is 61.8 Å². The first-order valence-electron chi connectivity index (χ1n) is 9.08. The molecule has 2 fully saturated rings. The maximum Gasteiger partial charge on any atom is 1.00 e. The Bertz CT molecular complexity index is 778. The van der Waals surface area contributed by atoms with Crippen LogP contribution in [0.3, 0.4) is 0 Å². The number of amides is 2. The molecule has 148 valence electrons. The number of fused-ring (bicyclic) bond motifs is 1. The van der Waals surface area contributed by atoms with Gasteiger partial charge in [0.1, 0.15) is 5.82 Å². The molecule has 2 unspecified atom stereocenters. The minimum absolute atomic E-state index is 0. The quantitative estimate of drug-likeness (QED) is 0.552. The topological polar surface area (TPSA) is 90.3 Å². The Labute approximate surface area is 202 Å².